The molecule has 0 aromatic rings. The number of carbonyl (C=O) groups excluding carboxylic acids is 1. The van der Waals surface area contributed by atoms with Crippen LogP contribution < -0.4 is 5.11 Å². The molecule has 2 atom stereocenters. The molecule has 1 aliphatic rings. The largest absolute Gasteiger partial charge is 0.550 e. The Kier molecular flexibility index (Phi) is 4.35. The zero-order valence-electron chi connectivity index (χ0n) is 8.14. The van der Waals surface area contributed by atoms with Crippen molar-refractivity contribution in [1.29, 1.82) is 0 Å². The predicted octanol–water partition coefficient (Wildman–Crippen LogP) is 1.93. The van der Waals surface area contributed by atoms with Crippen LogP contribution in [0.25, 0.3) is 0 Å². The Balaban J connectivity index is 2.67. The van der Waals surface area contributed by atoms with Gasteiger partial charge in [-0.25, -0.2) is 0 Å². The molecular weight excluding hydrogens is 268 g/mol. The normalized spacial score (nSPS) is 36.1. The zero-order chi connectivity index (χ0) is 12.5. The van der Waals surface area contributed by atoms with Gasteiger partial charge in [0.25, 0.3) is 0 Å². The van der Waals surface area contributed by atoms with Crippen molar-refractivity contribution >= 4 is 29.2 Å². The minimum absolute atomic E-state index is 0.285. The maximum Gasteiger partial charge on any atom is 0.391 e. The second-order valence-corrected chi connectivity index (χ2v) is 5.10. The third-order valence-corrected chi connectivity index (χ3v) is 3.82. The van der Waals surface area contributed by atoms with E-state index in [9.17, 15) is 23.1 Å². The van der Waals surface area contributed by atoms with Crippen molar-refractivity contribution in [3.63, 3.8) is 0 Å². The van der Waals surface area contributed by atoms with E-state index >= 15 is 0 Å². The molecule has 16 heavy (non-hydrogen) atoms. The van der Waals surface area contributed by atoms with E-state index in [-0.39, 0.29) is 12.8 Å². The molecular formula is C9H10Cl2F3O2-. The molecule has 0 N–H and O–H groups in total. The van der Waals surface area contributed by atoms with Gasteiger partial charge in [0.15, 0.2) is 0 Å². The Labute approximate surface area is 101 Å². The molecule has 0 bridgehead atoms. The lowest BCUT2D eigenvalue weighted by molar-refractivity contribution is -0.307. The van der Waals surface area contributed by atoms with Gasteiger partial charge in [0.2, 0.25) is 0 Å². The molecule has 0 heterocycles. The van der Waals surface area contributed by atoms with Crippen molar-refractivity contribution in [3.8, 4) is 0 Å². The maximum absolute atomic E-state index is 12.4. The summed E-state index contributed by atoms with van der Waals surface area (Å²) >= 11 is 11.5. The lowest BCUT2D eigenvalue weighted by Crippen LogP contribution is -2.42. The van der Waals surface area contributed by atoms with E-state index in [1.54, 1.807) is 0 Å². The van der Waals surface area contributed by atoms with Gasteiger partial charge < -0.3 is 9.90 Å². The van der Waals surface area contributed by atoms with Crippen molar-refractivity contribution in [2.75, 3.05) is 0 Å². The van der Waals surface area contributed by atoms with E-state index in [0.29, 0.717) is 0 Å². The summed E-state index contributed by atoms with van der Waals surface area (Å²) in [6, 6.07) is 0. The molecule has 94 valence electrons. The molecule has 1 fully saturated rings. The number of halogens is 5. The fourth-order valence-electron chi connectivity index (χ4n) is 1.93. The number of carbonyl (C=O) groups is 1. The van der Waals surface area contributed by atoms with Gasteiger partial charge in [0.1, 0.15) is 0 Å². The smallest absolute Gasteiger partial charge is 0.391 e. The van der Waals surface area contributed by atoms with Crippen LogP contribution in [-0.4, -0.2) is 22.9 Å². The third-order valence-electron chi connectivity index (χ3n) is 2.81. The molecule has 1 rings (SSSR count). The lowest BCUT2D eigenvalue weighted by atomic mass is 9.79. The van der Waals surface area contributed by atoms with Crippen LogP contribution in [0.5, 0.6) is 0 Å². The molecule has 0 saturated heterocycles. The standard InChI is InChI=1S/C9H11Cl2F3O2/c10-6-1-4(9(12,13)14)2-7(11)5(6)3-8(15)16/h4-7H,1-3H2,(H,15,16)/p-1. The van der Waals surface area contributed by atoms with Gasteiger partial charge in [0, 0.05) is 16.7 Å². The Bertz CT molecular complexity index is 258. The van der Waals surface area contributed by atoms with Crippen LogP contribution in [0, 0.1) is 11.8 Å². The van der Waals surface area contributed by atoms with Crippen molar-refractivity contribution < 1.29 is 23.1 Å². The number of aliphatic carboxylic acids is 1. The number of hydrogen-bond acceptors (Lipinski definition) is 2. The molecule has 0 aromatic heterocycles. The van der Waals surface area contributed by atoms with E-state index in [1.165, 1.54) is 0 Å². The van der Waals surface area contributed by atoms with Gasteiger partial charge in [0.05, 0.1) is 5.92 Å². The first-order valence-electron chi connectivity index (χ1n) is 4.76. The lowest BCUT2D eigenvalue weighted by Gasteiger charge is -2.37. The first-order chi connectivity index (χ1) is 7.21. The minimum atomic E-state index is -4.33. The maximum atomic E-state index is 12.4. The van der Waals surface area contributed by atoms with E-state index in [1.807, 2.05) is 0 Å². The minimum Gasteiger partial charge on any atom is -0.550 e. The highest BCUT2D eigenvalue weighted by Gasteiger charge is 2.47. The average Bonchev–Trinajstić information content (AvgIpc) is 2.09. The predicted molar refractivity (Wildman–Crippen MR) is 51.2 cm³/mol. The van der Waals surface area contributed by atoms with Crippen LogP contribution in [0.2, 0.25) is 0 Å². The van der Waals surface area contributed by atoms with E-state index in [2.05, 4.69) is 0 Å². The van der Waals surface area contributed by atoms with Crippen molar-refractivity contribution in [1.82, 2.24) is 0 Å². The molecule has 0 aliphatic heterocycles. The van der Waals surface area contributed by atoms with Crippen LogP contribution in [0.4, 0.5) is 13.2 Å². The highest BCUT2D eigenvalue weighted by atomic mass is 35.5. The first-order valence-corrected chi connectivity index (χ1v) is 5.63. The molecule has 1 aliphatic carbocycles. The van der Waals surface area contributed by atoms with Crippen LogP contribution in [-0.2, 0) is 4.79 Å². The average molecular weight is 278 g/mol. The van der Waals surface area contributed by atoms with Gasteiger partial charge in [-0.2, -0.15) is 13.2 Å². The van der Waals surface area contributed by atoms with Crippen LogP contribution >= 0.6 is 23.2 Å². The Morgan fingerprint density at radius 1 is 1.25 bits per heavy atom. The Hall–Kier alpha value is -0.160. The number of carboxylic acid groups (broad SMARTS) is 1. The highest BCUT2D eigenvalue weighted by Crippen LogP contribution is 2.44. The molecule has 0 radical (unpaired) electrons. The van der Waals surface area contributed by atoms with E-state index in [4.69, 9.17) is 23.2 Å². The molecule has 7 heteroatoms. The number of rotatable bonds is 2. The summed E-state index contributed by atoms with van der Waals surface area (Å²) in [5.41, 5.74) is 0. The molecule has 0 spiro atoms. The molecule has 0 aromatic carbocycles. The third kappa shape index (κ3) is 3.42. The zero-order valence-corrected chi connectivity index (χ0v) is 9.65. The summed E-state index contributed by atoms with van der Waals surface area (Å²) in [5, 5.41) is 8.64. The molecule has 2 unspecified atom stereocenters. The van der Waals surface area contributed by atoms with Crippen LogP contribution in [0.1, 0.15) is 19.3 Å². The molecule has 0 amide bonds. The van der Waals surface area contributed by atoms with Gasteiger partial charge >= 0.3 is 6.18 Å². The number of hydrogen-bond donors (Lipinski definition) is 0. The van der Waals surface area contributed by atoms with Gasteiger partial charge in [-0.15, -0.1) is 23.2 Å². The van der Waals surface area contributed by atoms with Gasteiger partial charge in [-0.05, 0) is 25.2 Å². The van der Waals surface area contributed by atoms with Crippen molar-refractivity contribution in [3.05, 3.63) is 0 Å². The summed E-state index contributed by atoms with van der Waals surface area (Å²) in [7, 11) is 0. The second kappa shape index (κ2) is 5.00. The summed E-state index contributed by atoms with van der Waals surface area (Å²) in [5.74, 6) is -3.55. The number of alkyl halides is 5. The summed E-state index contributed by atoms with van der Waals surface area (Å²) in [6.07, 6.45) is -5.29. The molecule has 2 nitrogen and oxygen atoms in total. The van der Waals surface area contributed by atoms with Crippen LogP contribution in [0.15, 0.2) is 0 Å². The summed E-state index contributed by atoms with van der Waals surface area (Å²) in [6.45, 7) is 0. The summed E-state index contributed by atoms with van der Waals surface area (Å²) in [4.78, 5) is 10.4. The quantitative estimate of drug-likeness (QED) is 0.724. The number of carboxylic acids is 1. The van der Waals surface area contributed by atoms with Gasteiger partial charge in [-0.1, -0.05) is 0 Å². The van der Waals surface area contributed by atoms with E-state index in [0.717, 1.165) is 0 Å². The van der Waals surface area contributed by atoms with Crippen molar-refractivity contribution in [2.24, 2.45) is 11.8 Å². The second-order valence-electron chi connectivity index (χ2n) is 3.98. The Morgan fingerprint density at radius 3 is 2.00 bits per heavy atom. The SMILES string of the molecule is O=C([O-])CC1C(Cl)CC(C(F)(F)F)CC1Cl. The van der Waals surface area contributed by atoms with Gasteiger partial charge in [-0.3, -0.25) is 0 Å². The highest BCUT2D eigenvalue weighted by molar-refractivity contribution is 6.24. The fraction of sp³-hybridized carbons (Fsp3) is 0.889. The van der Waals surface area contributed by atoms with Crippen molar-refractivity contribution in [2.45, 2.75) is 36.2 Å². The topological polar surface area (TPSA) is 40.1 Å². The van der Waals surface area contributed by atoms with Crippen LogP contribution in [0.3, 0.4) is 0 Å². The first kappa shape index (κ1) is 13.9. The monoisotopic (exact) mass is 277 g/mol. The van der Waals surface area contributed by atoms with E-state index < -0.39 is 41.2 Å². The summed E-state index contributed by atoms with van der Waals surface area (Å²) < 4.78 is 37.3. The molecule has 1 saturated carbocycles. The fourth-order valence-corrected chi connectivity index (χ4v) is 2.97. The Morgan fingerprint density at radius 2 is 1.69 bits per heavy atom.